The van der Waals surface area contributed by atoms with E-state index in [1.165, 1.54) is 6.20 Å². The zero-order valence-corrected chi connectivity index (χ0v) is 21.8. The molecule has 0 fully saturated rings. The van der Waals surface area contributed by atoms with Crippen LogP contribution in [0.25, 0.3) is 11.1 Å². The van der Waals surface area contributed by atoms with Crippen LogP contribution in [0.5, 0.6) is 5.75 Å². The summed E-state index contributed by atoms with van der Waals surface area (Å²) in [5, 5.41) is 3.83. The molecule has 0 bridgehead atoms. The standard InChI is InChI=1S/C26H21Cl2N5O2S/c1-14-7-17(18-8-24(28)31-11-23(18)35-2)19(10-29-14)26(34)33-25-6-4-16-20(12-36-13-22(16)32-25)21-5-3-15(27)9-30-21/h3-11,20H,12-13H2,1-2H3,(H,32,33,34). The van der Waals surface area contributed by atoms with E-state index in [9.17, 15) is 4.79 Å². The molecule has 182 valence electrons. The third-order valence-corrected chi connectivity index (χ3v) is 7.36. The summed E-state index contributed by atoms with van der Waals surface area (Å²) in [6.45, 7) is 1.86. The predicted molar refractivity (Wildman–Crippen MR) is 143 cm³/mol. The molecule has 0 spiro atoms. The summed E-state index contributed by atoms with van der Waals surface area (Å²) >= 11 is 13.9. The Morgan fingerprint density at radius 2 is 1.92 bits per heavy atom. The molecule has 0 aromatic carbocycles. The van der Waals surface area contributed by atoms with Crippen LogP contribution in [0.2, 0.25) is 10.2 Å². The minimum Gasteiger partial charge on any atom is -0.494 e. The lowest BCUT2D eigenvalue weighted by Gasteiger charge is -2.24. The van der Waals surface area contributed by atoms with Crippen LogP contribution in [0, 0.1) is 6.92 Å². The Balaban J connectivity index is 1.45. The molecule has 4 aromatic heterocycles. The number of pyridine rings is 4. The highest BCUT2D eigenvalue weighted by molar-refractivity contribution is 7.98. The molecule has 5 rings (SSSR count). The highest BCUT2D eigenvalue weighted by atomic mass is 35.5. The van der Waals surface area contributed by atoms with Gasteiger partial charge in [-0.05, 0) is 42.8 Å². The number of fused-ring (bicyclic) bond motifs is 1. The molecule has 1 N–H and O–H groups in total. The van der Waals surface area contributed by atoms with Crippen LogP contribution in [0.1, 0.15) is 38.9 Å². The molecular formula is C26H21Cl2N5O2S. The quantitative estimate of drug-likeness (QED) is 0.303. The van der Waals surface area contributed by atoms with Crippen molar-refractivity contribution in [1.29, 1.82) is 0 Å². The summed E-state index contributed by atoms with van der Waals surface area (Å²) in [6, 6.07) is 11.1. The van der Waals surface area contributed by atoms with Gasteiger partial charge < -0.3 is 10.1 Å². The molecule has 1 aliphatic rings. The number of ether oxygens (including phenoxy) is 1. The minimum atomic E-state index is -0.334. The second-order valence-corrected chi connectivity index (χ2v) is 10.1. The number of nitrogens with zero attached hydrogens (tertiary/aromatic N) is 4. The number of thioether (sulfide) groups is 1. The molecule has 10 heteroatoms. The van der Waals surface area contributed by atoms with Gasteiger partial charge in [0.25, 0.3) is 5.91 Å². The zero-order chi connectivity index (χ0) is 25.2. The maximum atomic E-state index is 13.4. The van der Waals surface area contributed by atoms with E-state index in [4.69, 9.17) is 32.9 Å². The lowest BCUT2D eigenvalue weighted by molar-refractivity contribution is 0.102. The molecule has 36 heavy (non-hydrogen) atoms. The topological polar surface area (TPSA) is 89.9 Å². The molecule has 4 aromatic rings. The maximum Gasteiger partial charge on any atom is 0.259 e. The van der Waals surface area contributed by atoms with Gasteiger partial charge in [0.05, 0.1) is 29.6 Å². The smallest absolute Gasteiger partial charge is 0.259 e. The highest BCUT2D eigenvalue weighted by Gasteiger charge is 2.25. The van der Waals surface area contributed by atoms with Crippen molar-refractivity contribution in [2.24, 2.45) is 0 Å². The normalized spacial score (nSPS) is 14.7. The average molecular weight is 538 g/mol. The number of halogens is 2. The van der Waals surface area contributed by atoms with Gasteiger partial charge in [0.2, 0.25) is 0 Å². The Labute approximate surface area is 222 Å². The molecule has 0 aliphatic carbocycles. The summed E-state index contributed by atoms with van der Waals surface area (Å²) in [5.41, 5.74) is 5.41. The largest absolute Gasteiger partial charge is 0.494 e. The fourth-order valence-corrected chi connectivity index (χ4v) is 5.55. The molecule has 1 unspecified atom stereocenters. The fraction of sp³-hybridized carbons (Fsp3) is 0.192. The van der Waals surface area contributed by atoms with Crippen LogP contribution in [0.4, 0.5) is 5.82 Å². The lowest BCUT2D eigenvalue weighted by atomic mass is 9.95. The van der Waals surface area contributed by atoms with E-state index in [-0.39, 0.29) is 11.8 Å². The summed E-state index contributed by atoms with van der Waals surface area (Å²) in [4.78, 5) is 31.1. The summed E-state index contributed by atoms with van der Waals surface area (Å²) in [5.74, 6) is 2.42. The van der Waals surface area contributed by atoms with E-state index in [0.717, 1.165) is 34.2 Å². The second kappa shape index (κ2) is 10.4. The Morgan fingerprint density at radius 3 is 2.69 bits per heavy atom. The number of methoxy groups -OCH3 is 1. The van der Waals surface area contributed by atoms with Gasteiger partial charge in [-0.25, -0.2) is 9.97 Å². The molecule has 1 atom stereocenters. The Kier molecular flexibility index (Phi) is 7.09. The number of aromatic nitrogens is 4. The van der Waals surface area contributed by atoms with E-state index >= 15 is 0 Å². The number of anilines is 1. The first-order valence-corrected chi connectivity index (χ1v) is 13.0. The predicted octanol–water partition coefficient (Wildman–Crippen LogP) is 6.19. The van der Waals surface area contributed by atoms with Gasteiger partial charge >= 0.3 is 0 Å². The van der Waals surface area contributed by atoms with E-state index < -0.39 is 0 Å². The number of rotatable bonds is 5. The van der Waals surface area contributed by atoms with Crippen molar-refractivity contribution in [2.75, 3.05) is 18.2 Å². The van der Waals surface area contributed by atoms with Gasteiger partial charge in [-0.1, -0.05) is 29.3 Å². The summed E-state index contributed by atoms with van der Waals surface area (Å²) in [7, 11) is 1.55. The van der Waals surface area contributed by atoms with Crippen LogP contribution < -0.4 is 10.1 Å². The number of aryl methyl sites for hydroxylation is 1. The Hall–Kier alpha value is -3.20. The van der Waals surface area contributed by atoms with Gasteiger partial charge in [0, 0.05) is 52.3 Å². The molecule has 0 saturated carbocycles. The highest BCUT2D eigenvalue weighted by Crippen LogP contribution is 2.37. The van der Waals surface area contributed by atoms with Crippen LogP contribution in [-0.4, -0.2) is 38.7 Å². The van der Waals surface area contributed by atoms with E-state index in [1.54, 1.807) is 37.3 Å². The Morgan fingerprint density at radius 1 is 1.06 bits per heavy atom. The van der Waals surface area contributed by atoms with Gasteiger partial charge in [-0.15, -0.1) is 0 Å². The molecule has 5 heterocycles. The third-order valence-electron chi connectivity index (χ3n) is 5.89. The summed E-state index contributed by atoms with van der Waals surface area (Å²) in [6.07, 6.45) is 4.74. The zero-order valence-electron chi connectivity index (χ0n) is 19.5. The van der Waals surface area contributed by atoms with Crippen LogP contribution in [0.15, 0.2) is 55.0 Å². The molecule has 0 radical (unpaired) electrons. The monoisotopic (exact) mass is 537 g/mol. The maximum absolute atomic E-state index is 13.4. The number of amides is 1. The molecule has 1 aliphatic heterocycles. The first-order valence-electron chi connectivity index (χ1n) is 11.1. The van der Waals surface area contributed by atoms with Crippen molar-refractivity contribution in [1.82, 2.24) is 19.9 Å². The lowest BCUT2D eigenvalue weighted by Crippen LogP contribution is -2.18. The van der Waals surface area contributed by atoms with Crippen molar-refractivity contribution < 1.29 is 9.53 Å². The first-order chi connectivity index (χ1) is 17.4. The van der Waals surface area contributed by atoms with Crippen molar-refractivity contribution in [3.05, 3.63) is 93.4 Å². The SMILES string of the molecule is COc1cnc(Cl)cc1-c1cc(C)ncc1C(=O)Nc1ccc2c(n1)CSCC2c1ccc(Cl)cn1. The van der Waals surface area contributed by atoms with Crippen LogP contribution in [-0.2, 0) is 5.75 Å². The van der Waals surface area contributed by atoms with Gasteiger partial charge in [0.1, 0.15) is 16.7 Å². The van der Waals surface area contributed by atoms with Crippen LogP contribution >= 0.6 is 35.0 Å². The van der Waals surface area contributed by atoms with Gasteiger partial charge in [-0.2, -0.15) is 11.8 Å². The van der Waals surface area contributed by atoms with Crippen LogP contribution in [0.3, 0.4) is 0 Å². The number of carbonyl (C=O) groups is 1. The van der Waals surface area contributed by atoms with Crippen molar-refractivity contribution >= 4 is 46.7 Å². The van der Waals surface area contributed by atoms with Crippen molar-refractivity contribution in [3.8, 4) is 16.9 Å². The van der Waals surface area contributed by atoms with Crippen molar-refractivity contribution in [3.63, 3.8) is 0 Å². The van der Waals surface area contributed by atoms with Crippen molar-refractivity contribution in [2.45, 2.75) is 18.6 Å². The first kappa shape index (κ1) is 24.5. The minimum absolute atomic E-state index is 0.116. The number of hydrogen-bond acceptors (Lipinski definition) is 7. The fourth-order valence-electron chi connectivity index (χ4n) is 4.15. The average Bonchev–Trinajstić information content (AvgIpc) is 2.88. The Bertz CT molecular complexity index is 1450. The number of carbonyl (C=O) groups excluding carboxylic acids is 1. The number of nitrogens with one attached hydrogen (secondary N) is 1. The number of hydrogen-bond donors (Lipinski definition) is 1. The van der Waals surface area contributed by atoms with E-state index in [1.807, 2.05) is 37.3 Å². The molecule has 1 amide bonds. The molecule has 7 nitrogen and oxygen atoms in total. The molecule has 0 saturated heterocycles. The second-order valence-electron chi connectivity index (χ2n) is 8.23. The van der Waals surface area contributed by atoms with Gasteiger partial charge in [-0.3, -0.25) is 14.8 Å². The van der Waals surface area contributed by atoms with Gasteiger partial charge in [0.15, 0.2) is 0 Å². The van der Waals surface area contributed by atoms with E-state index in [0.29, 0.717) is 38.4 Å². The van der Waals surface area contributed by atoms with E-state index in [2.05, 4.69) is 20.3 Å². The summed E-state index contributed by atoms with van der Waals surface area (Å²) < 4.78 is 5.46. The molecular weight excluding hydrogens is 517 g/mol. The third kappa shape index (κ3) is 5.02.